The third kappa shape index (κ3) is 1.20. The van der Waals surface area contributed by atoms with Gasteiger partial charge in [0.2, 0.25) is 0 Å². The number of halogens is 2. The third-order valence-electron chi connectivity index (χ3n) is 1.69. The molecule has 0 spiro atoms. The van der Waals surface area contributed by atoms with Crippen molar-refractivity contribution in [3.63, 3.8) is 0 Å². The van der Waals surface area contributed by atoms with Gasteiger partial charge in [0, 0.05) is 11.8 Å². The Kier molecular flexibility index (Phi) is 1.61. The first kappa shape index (κ1) is 7.90. The molecule has 2 heterocycles. The summed E-state index contributed by atoms with van der Waals surface area (Å²) in [7, 11) is 0. The predicted octanol–water partition coefficient (Wildman–Crippen LogP) is 0.960. The van der Waals surface area contributed by atoms with E-state index in [0.717, 1.165) is 10.6 Å². The summed E-state index contributed by atoms with van der Waals surface area (Å²) < 4.78 is 25.4. The summed E-state index contributed by atoms with van der Waals surface area (Å²) in [5.74, 6) is 0. The van der Waals surface area contributed by atoms with Crippen LogP contribution in [0, 0.1) is 0 Å². The van der Waals surface area contributed by atoms with Gasteiger partial charge in [-0.05, 0) is 12.1 Å². The van der Waals surface area contributed by atoms with Crippen LogP contribution in [0.25, 0.3) is 5.65 Å². The van der Waals surface area contributed by atoms with Gasteiger partial charge in [-0.3, -0.25) is 0 Å². The average Bonchev–Trinajstić information content (AvgIpc) is 2.47. The number of H-pyrrole nitrogens is 1. The van der Waals surface area contributed by atoms with E-state index in [1.165, 1.54) is 12.1 Å². The van der Waals surface area contributed by atoms with Gasteiger partial charge >= 0.3 is 5.69 Å². The molecule has 0 unspecified atom stereocenters. The quantitative estimate of drug-likeness (QED) is 0.719. The molecule has 4 nitrogen and oxygen atoms in total. The van der Waals surface area contributed by atoms with Crippen LogP contribution < -0.4 is 5.69 Å². The summed E-state index contributed by atoms with van der Waals surface area (Å²) in [4.78, 5) is 11.0. The number of fused-ring (bicyclic) bond motifs is 1. The Labute approximate surface area is 70.8 Å². The summed E-state index contributed by atoms with van der Waals surface area (Å²) >= 11 is 0. The second-order valence-electron chi connectivity index (χ2n) is 2.52. The molecular weight excluding hydrogens is 180 g/mol. The van der Waals surface area contributed by atoms with Gasteiger partial charge in [-0.15, -0.1) is 0 Å². The molecule has 0 aromatic carbocycles. The minimum Gasteiger partial charge on any atom is -0.250 e. The van der Waals surface area contributed by atoms with Crippen LogP contribution in [0.4, 0.5) is 8.78 Å². The molecule has 1 N–H and O–H groups in total. The standard InChI is InChI=1S/C7H5F2N3O/c8-6(9)4-1-2-5-10-11-7(13)12(5)3-4/h1-3,6H,(H,11,13). The van der Waals surface area contributed by atoms with Crippen molar-refractivity contribution < 1.29 is 8.78 Å². The van der Waals surface area contributed by atoms with E-state index in [1.54, 1.807) is 0 Å². The van der Waals surface area contributed by atoms with Crippen molar-refractivity contribution in [3.8, 4) is 0 Å². The van der Waals surface area contributed by atoms with Crippen LogP contribution in [-0.2, 0) is 0 Å². The van der Waals surface area contributed by atoms with Crippen molar-refractivity contribution in [3.05, 3.63) is 34.4 Å². The van der Waals surface area contributed by atoms with Crippen LogP contribution in [-0.4, -0.2) is 14.6 Å². The van der Waals surface area contributed by atoms with Crippen LogP contribution in [0.3, 0.4) is 0 Å². The molecule has 13 heavy (non-hydrogen) atoms. The van der Waals surface area contributed by atoms with Gasteiger partial charge in [0.15, 0.2) is 5.65 Å². The number of nitrogens with one attached hydrogen (secondary N) is 1. The number of hydrogen-bond donors (Lipinski definition) is 1. The van der Waals surface area contributed by atoms with Gasteiger partial charge < -0.3 is 0 Å². The van der Waals surface area contributed by atoms with Gasteiger partial charge in [-0.2, -0.15) is 5.10 Å². The number of nitrogens with zero attached hydrogens (tertiary/aromatic N) is 2. The molecule has 6 heteroatoms. The predicted molar refractivity (Wildman–Crippen MR) is 40.8 cm³/mol. The maximum Gasteiger partial charge on any atom is 0.347 e. The number of aromatic amines is 1. The van der Waals surface area contributed by atoms with Crippen molar-refractivity contribution >= 4 is 5.65 Å². The van der Waals surface area contributed by atoms with Gasteiger partial charge in [-0.25, -0.2) is 23.1 Å². The van der Waals surface area contributed by atoms with Crippen LogP contribution >= 0.6 is 0 Å². The maximum atomic E-state index is 12.2. The van der Waals surface area contributed by atoms with E-state index >= 15 is 0 Å². The molecule has 0 bridgehead atoms. The van der Waals surface area contributed by atoms with Crippen molar-refractivity contribution in [1.82, 2.24) is 14.6 Å². The molecule has 2 rings (SSSR count). The Balaban J connectivity index is 2.73. The van der Waals surface area contributed by atoms with Gasteiger partial charge in [0.1, 0.15) is 0 Å². The molecule has 0 aliphatic rings. The Morgan fingerprint density at radius 1 is 1.46 bits per heavy atom. The van der Waals surface area contributed by atoms with Gasteiger partial charge in [0.05, 0.1) is 0 Å². The highest BCUT2D eigenvalue weighted by molar-refractivity contribution is 5.37. The zero-order valence-corrected chi connectivity index (χ0v) is 6.37. The highest BCUT2D eigenvalue weighted by Crippen LogP contribution is 2.17. The molecular formula is C7H5F2N3O. The van der Waals surface area contributed by atoms with E-state index in [4.69, 9.17) is 0 Å². The lowest BCUT2D eigenvalue weighted by atomic mass is 10.3. The lowest BCUT2D eigenvalue weighted by Gasteiger charge is -1.97. The Morgan fingerprint density at radius 3 is 2.92 bits per heavy atom. The molecule has 68 valence electrons. The topological polar surface area (TPSA) is 50.2 Å². The van der Waals surface area contributed by atoms with Crippen LogP contribution in [0.15, 0.2) is 23.1 Å². The molecule has 0 atom stereocenters. The normalized spacial score (nSPS) is 11.3. The van der Waals surface area contributed by atoms with Gasteiger partial charge in [-0.1, -0.05) is 0 Å². The lowest BCUT2D eigenvalue weighted by molar-refractivity contribution is 0.151. The summed E-state index contributed by atoms with van der Waals surface area (Å²) in [6.07, 6.45) is -1.50. The minimum atomic E-state index is -2.58. The monoisotopic (exact) mass is 185 g/mol. The summed E-state index contributed by atoms with van der Waals surface area (Å²) in [6.45, 7) is 0. The molecule has 2 aromatic heterocycles. The number of hydrogen-bond acceptors (Lipinski definition) is 2. The first-order valence-corrected chi connectivity index (χ1v) is 3.53. The van der Waals surface area contributed by atoms with E-state index in [9.17, 15) is 13.6 Å². The van der Waals surface area contributed by atoms with E-state index < -0.39 is 12.1 Å². The molecule has 0 aliphatic carbocycles. The second kappa shape index (κ2) is 2.65. The van der Waals surface area contributed by atoms with Crippen molar-refractivity contribution in [2.75, 3.05) is 0 Å². The van der Waals surface area contributed by atoms with E-state index in [2.05, 4.69) is 10.2 Å². The van der Waals surface area contributed by atoms with Crippen LogP contribution in [0.5, 0.6) is 0 Å². The third-order valence-corrected chi connectivity index (χ3v) is 1.69. The number of rotatable bonds is 1. The molecule has 0 saturated heterocycles. The highest BCUT2D eigenvalue weighted by atomic mass is 19.3. The van der Waals surface area contributed by atoms with Gasteiger partial charge in [0.25, 0.3) is 6.43 Å². The van der Waals surface area contributed by atoms with E-state index in [1.807, 2.05) is 0 Å². The largest absolute Gasteiger partial charge is 0.347 e. The zero-order valence-electron chi connectivity index (χ0n) is 6.37. The fourth-order valence-corrected chi connectivity index (χ4v) is 1.05. The lowest BCUT2D eigenvalue weighted by Crippen LogP contribution is -2.09. The molecule has 0 aliphatic heterocycles. The molecule has 0 saturated carbocycles. The van der Waals surface area contributed by atoms with E-state index in [-0.39, 0.29) is 5.56 Å². The van der Waals surface area contributed by atoms with Crippen molar-refractivity contribution in [2.45, 2.75) is 6.43 Å². The SMILES string of the molecule is O=c1[nH]nc2ccc(C(F)F)cn12. The fourth-order valence-electron chi connectivity index (χ4n) is 1.05. The minimum absolute atomic E-state index is 0.198. The van der Waals surface area contributed by atoms with Crippen LogP contribution in [0.2, 0.25) is 0 Å². The number of alkyl halides is 2. The molecule has 2 aromatic rings. The zero-order chi connectivity index (χ0) is 9.42. The molecule has 0 amide bonds. The maximum absolute atomic E-state index is 12.2. The number of aromatic nitrogens is 3. The smallest absolute Gasteiger partial charge is 0.250 e. The second-order valence-corrected chi connectivity index (χ2v) is 2.52. The van der Waals surface area contributed by atoms with E-state index in [0.29, 0.717) is 5.65 Å². The van der Waals surface area contributed by atoms with Crippen LogP contribution in [0.1, 0.15) is 12.0 Å². The first-order valence-electron chi connectivity index (χ1n) is 3.53. The Bertz CT molecular complexity index is 488. The molecule has 0 fully saturated rings. The molecule has 0 radical (unpaired) electrons. The highest BCUT2D eigenvalue weighted by Gasteiger charge is 2.08. The number of pyridine rings is 1. The summed E-state index contributed by atoms with van der Waals surface area (Å²) in [5, 5.41) is 5.75. The Hall–Kier alpha value is -1.72. The Morgan fingerprint density at radius 2 is 2.23 bits per heavy atom. The first-order chi connectivity index (χ1) is 6.18. The van der Waals surface area contributed by atoms with Crippen molar-refractivity contribution in [2.24, 2.45) is 0 Å². The summed E-state index contributed by atoms with van der Waals surface area (Å²) in [6, 6.07) is 2.60. The fraction of sp³-hybridized carbons (Fsp3) is 0.143. The average molecular weight is 185 g/mol. The summed E-state index contributed by atoms with van der Waals surface area (Å²) in [5.41, 5.74) is -0.386. The van der Waals surface area contributed by atoms with Crippen molar-refractivity contribution in [1.29, 1.82) is 0 Å².